The number of nitrogens with zero attached hydrogens (tertiary/aromatic N) is 2. The lowest BCUT2D eigenvalue weighted by atomic mass is 10.1. The van der Waals surface area contributed by atoms with Crippen molar-refractivity contribution in [3.8, 4) is 0 Å². The van der Waals surface area contributed by atoms with Crippen LogP contribution in [-0.4, -0.2) is 33.7 Å². The first-order chi connectivity index (χ1) is 15.4. The monoisotopic (exact) mass is 428 g/mol. The Morgan fingerprint density at radius 3 is 1.31 bits per heavy atom. The maximum Gasteiger partial charge on any atom is 0.254 e. The van der Waals surface area contributed by atoms with Crippen LogP contribution in [0.2, 0.25) is 0 Å². The summed E-state index contributed by atoms with van der Waals surface area (Å²) in [6.45, 7) is 9.10. The highest BCUT2D eigenvalue weighted by atomic mass is 16.2. The number of amides is 2. The predicted molar refractivity (Wildman–Crippen MR) is 129 cm³/mol. The van der Waals surface area contributed by atoms with Gasteiger partial charge >= 0.3 is 0 Å². The number of hydrogen-bond donors (Lipinski definition) is 0. The molecule has 0 radical (unpaired) electrons. The quantitative estimate of drug-likeness (QED) is 0.456. The molecule has 0 aromatic heterocycles. The van der Waals surface area contributed by atoms with E-state index < -0.39 is 0 Å². The number of rotatable bonds is 8. The van der Waals surface area contributed by atoms with Crippen molar-refractivity contribution in [2.45, 2.75) is 52.9 Å². The molecule has 4 heteroatoms. The van der Waals surface area contributed by atoms with Crippen molar-refractivity contribution in [1.29, 1.82) is 0 Å². The second-order valence-corrected chi connectivity index (χ2v) is 8.61. The molecule has 0 heterocycles. The molecule has 0 unspecified atom stereocenters. The van der Waals surface area contributed by atoms with Crippen LogP contribution < -0.4 is 0 Å². The van der Waals surface area contributed by atoms with E-state index in [9.17, 15) is 9.59 Å². The molecule has 32 heavy (non-hydrogen) atoms. The van der Waals surface area contributed by atoms with E-state index >= 15 is 0 Å². The summed E-state index contributed by atoms with van der Waals surface area (Å²) in [6.07, 6.45) is 0. The summed E-state index contributed by atoms with van der Waals surface area (Å²) >= 11 is 0. The third kappa shape index (κ3) is 5.85. The van der Waals surface area contributed by atoms with Gasteiger partial charge in [-0.1, -0.05) is 66.7 Å². The van der Waals surface area contributed by atoms with E-state index in [-0.39, 0.29) is 23.9 Å². The van der Waals surface area contributed by atoms with Gasteiger partial charge in [-0.25, -0.2) is 0 Å². The lowest BCUT2D eigenvalue weighted by molar-refractivity contribution is 0.0689. The minimum Gasteiger partial charge on any atom is -0.332 e. The average molecular weight is 429 g/mol. The first kappa shape index (κ1) is 23.3. The van der Waals surface area contributed by atoms with Crippen molar-refractivity contribution in [3.63, 3.8) is 0 Å². The van der Waals surface area contributed by atoms with Crippen LogP contribution in [0.4, 0.5) is 0 Å². The minimum absolute atomic E-state index is 0.0345. The van der Waals surface area contributed by atoms with Crippen LogP contribution in [0.3, 0.4) is 0 Å². The third-order valence-corrected chi connectivity index (χ3v) is 5.52. The number of carbonyl (C=O) groups excluding carboxylic acids is 2. The van der Waals surface area contributed by atoms with Gasteiger partial charge in [0.2, 0.25) is 0 Å². The SMILES string of the molecule is CC(C)N(Cc1ccccc1)C(=O)c1cccc(C(=O)N(Cc2ccccc2)C(C)C)c1. The smallest absolute Gasteiger partial charge is 0.254 e. The molecule has 4 nitrogen and oxygen atoms in total. The lowest BCUT2D eigenvalue weighted by Crippen LogP contribution is -2.37. The molecular weight excluding hydrogens is 396 g/mol. The van der Waals surface area contributed by atoms with E-state index in [4.69, 9.17) is 0 Å². The molecule has 0 atom stereocenters. The van der Waals surface area contributed by atoms with Gasteiger partial charge in [0.25, 0.3) is 11.8 Å². The van der Waals surface area contributed by atoms with Crippen LogP contribution in [0.15, 0.2) is 84.9 Å². The number of carbonyl (C=O) groups is 2. The molecule has 0 aliphatic carbocycles. The van der Waals surface area contributed by atoms with Gasteiger partial charge in [-0.3, -0.25) is 9.59 Å². The van der Waals surface area contributed by atoms with Gasteiger partial charge in [-0.15, -0.1) is 0 Å². The Bertz CT molecular complexity index is 949. The number of hydrogen-bond acceptors (Lipinski definition) is 2. The maximum atomic E-state index is 13.4. The van der Waals surface area contributed by atoms with Gasteiger partial charge in [0, 0.05) is 36.3 Å². The zero-order valence-electron chi connectivity index (χ0n) is 19.4. The van der Waals surface area contributed by atoms with Gasteiger partial charge in [-0.2, -0.15) is 0 Å². The van der Waals surface area contributed by atoms with E-state index in [0.717, 1.165) is 11.1 Å². The molecule has 3 aromatic carbocycles. The van der Waals surface area contributed by atoms with Gasteiger partial charge < -0.3 is 9.80 Å². The molecule has 0 N–H and O–H groups in total. The highest BCUT2D eigenvalue weighted by Gasteiger charge is 2.23. The highest BCUT2D eigenvalue weighted by Crippen LogP contribution is 2.18. The molecular formula is C28H32N2O2. The molecule has 0 bridgehead atoms. The Labute approximate surface area is 191 Å². The van der Waals surface area contributed by atoms with Gasteiger partial charge in [-0.05, 0) is 57.0 Å². The van der Waals surface area contributed by atoms with Crippen LogP contribution in [0.5, 0.6) is 0 Å². The zero-order chi connectivity index (χ0) is 23.1. The number of benzene rings is 3. The summed E-state index contributed by atoms with van der Waals surface area (Å²) in [4.78, 5) is 30.4. The Morgan fingerprint density at radius 2 is 0.969 bits per heavy atom. The van der Waals surface area contributed by atoms with Crippen molar-refractivity contribution in [1.82, 2.24) is 9.80 Å². The van der Waals surface area contributed by atoms with Gasteiger partial charge in [0.05, 0.1) is 0 Å². The zero-order valence-corrected chi connectivity index (χ0v) is 19.4. The maximum absolute atomic E-state index is 13.4. The normalized spacial score (nSPS) is 10.9. The molecule has 0 saturated carbocycles. The molecule has 2 amide bonds. The molecule has 3 rings (SSSR count). The van der Waals surface area contributed by atoms with Gasteiger partial charge in [0.15, 0.2) is 0 Å². The minimum atomic E-state index is -0.0716. The second kappa shape index (κ2) is 10.8. The van der Waals surface area contributed by atoms with Crippen LogP contribution in [0.1, 0.15) is 59.5 Å². The molecule has 166 valence electrons. The Morgan fingerprint density at radius 1 is 0.594 bits per heavy atom. The van der Waals surface area contributed by atoms with Crippen molar-refractivity contribution < 1.29 is 9.59 Å². The van der Waals surface area contributed by atoms with Crippen molar-refractivity contribution in [2.24, 2.45) is 0 Å². The van der Waals surface area contributed by atoms with Crippen LogP contribution in [0, 0.1) is 0 Å². The summed E-state index contributed by atoms with van der Waals surface area (Å²) in [7, 11) is 0. The van der Waals surface area contributed by atoms with Crippen LogP contribution >= 0.6 is 0 Å². The summed E-state index contributed by atoms with van der Waals surface area (Å²) in [5.74, 6) is -0.143. The Balaban J connectivity index is 1.83. The average Bonchev–Trinajstić information content (AvgIpc) is 2.81. The topological polar surface area (TPSA) is 40.6 Å². The third-order valence-electron chi connectivity index (χ3n) is 5.52. The summed E-state index contributed by atoms with van der Waals surface area (Å²) in [5.41, 5.74) is 3.22. The van der Waals surface area contributed by atoms with E-state index in [1.165, 1.54) is 0 Å². The van der Waals surface area contributed by atoms with Crippen LogP contribution in [-0.2, 0) is 13.1 Å². The van der Waals surface area contributed by atoms with Crippen LogP contribution in [0.25, 0.3) is 0 Å². The molecule has 0 aliphatic rings. The molecule has 3 aromatic rings. The van der Waals surface area contributed by atoms with E-state index in [1.54, 1.807) is 24.3 Å². The summed E-state index contributed by atoms with van der Waals surface area (Å²) in [5, 5.41) is 0. The first-order valence-electron chi connectivity index (χ1n) is 11.2. The fourth-order valence-corrected chi connectivity index (χ4v) is 3.65. The fourth-order valence-electron chi connectivity index (χ4n) is 3.65. The molecule has 0 aliphatic heterocycles. The molecule has 0 fully saturated rings. The first-order valence-corrected chi connectivity index (χ1v) is 11.2. The second-order valence-electron chi connectivity index (χ2n) is 8.61. The van der Waals surface area contributed by atoms with Gasteiger partial charge in [0.1, 0.15) is 0 Å². The highest BCUT2D eigenvalue weighted by molar-refractivity contribution is 5.99. The molecule has 0 saturated heterocycles. The van der Waals surface area contributed by atoms with Crippen molar-refractivity contribution in [3.05, 3.63) is 107 Å². The Hall–Kier alpha value is -3.40. The van der Waals surface area contributed by atoms with E-state index in [0.29, 0.717) is 24.2 Å². The fraction of sp³-hybridized carbons (Fsp3) is 0.286. The summed E-state index contributed by atoms with van der Waals surface area (Å²) < 4.78 is 0. The van der Waals surface area contributed by atoms with E-state index in [2.05, 4.69) is 0 Å². The van der Waals surface area contributed by atoms with Crippen molar-refractivity contribution >= 4 is 11.8 Å². The Kier molecular flexibility index (Phi) is 7.82. The van der Waals surface area contributed by atoms with Crippen molar-refractivity contribution in [2.75, 3.05) is 0 Å². The predicted octanol–water partition coefficient (Wildman–Crippen LogP) is 5.79. The largest absolute Gasteiger partial charge is 0.332 e. The standard InChI is InChI=1S/C28H32N2O2/c1-21(2)29(19-23-12-7-5-8-13-23)27(31)25-16-11-17-26(18-25)28(32)30(22(3)4)20-24-14-9-6-10-15-24/h5-18,21-22H,19-20H2,1-4H3. The van der Waals surface area contributed by atoms with E-state index in [1.807, 2.05) is 98.2 Å². The molecule has 0 spiro atoms. The lowest BCUT2D eigenvalue weighted by Gasteiger charge is -2.28. The summed E-state index contributed by atoms with van der Waals surface area (Å²) in [6, 6.07) is 27.1.